The number of pyridine rings is 1. The molecule has 0 saturated carbocycles. The summed E-state index contributed by atoms with van der Waals surface area (Å²) in [5.74, 6) is 0.822. The summed E-state index contributed by atoms with van der Waals surface area (Å²) in [5.41, 5.74) is 3.70. The summed E-state index contributed by atoms with van der Waals surface area (Å²) in [6.45, 7) is 0. The molecule has 19 heavy (non-hydrogen) atoms. The fourth-order valence-electron chi connectivity index (χ4n) is 2.90. The molecule has 0 unspecified atom stereocenters. The number of rotatable bonds is 2. The van der Waals surface area contributed by atoms with Gasteiger partial charge in [0.15, 0.2) is 5.90 Å². The second kappa shape index (κ2) is 4.19. The minimum Gasteiger partial charge on any atom is -0.474 e. The Hall–Kier alpha value is -2.16. The molecule has 2 aromatic rings. The molecular formula is C16H14N2O. The standard InChI is InChI=1S/C16H14N2O/c1-2-7-13-11(5-1)9-14-16(13)18-15(19-14)10-12-6-3-4-8-17-12/h1-8,14,16H,9-10H2/t14-,16+/m1/s1. The fourth-order valence-corrected chi connectivity index (χ4v) is 2.90. The first-order chi connectivity index (χ1) is 9.40. The Balaban J connectivity index is 1.59. The predicted octanol–water partition coefficient (Wildman–Crippen LogP) is 2.72. The van der Waals surface area contributed by atoms with Gasteiger partial charge >= 0.3 is 0 Å². The second-order valence-electron chi connectivity index (χ2n) is 5.02. The molecule has 2 atom stereocenters. The van der Waals surface area contributed by atoms with E-state index < -0.39 is 0 Å². The van der Waals surface area contributed by atoms with E-state index in [1.54, 1.807) is 6.20 Å². The van der Waals surface area contributed by atoms with Crippen LogP contribution in [0.1, 0.15) is 22.9 Å². The lowest BCUT2D eigenvalue weighted by atomic mass is 10.1. The van der Waals surface area contributed by atoms with Crippen LogP contribution in [0.15, 0.2) is 53.7 Å². The highest BCUT2D eigenvalue weighted by atomic mass is 16.5. The van der Waals surface area contributed by atoms with E-state index in [4.69, 9.17) is 9.73 Å². The number of benzene rings is 1. The van der Waals surface area contributed by atoms with Crippen LogP contribution >= 0.6 is 0 Å². The van der Waals surface area contributed by atoms with E-state index in [-0.39, 0.29) is 12.1 Å². The summed E-state index contributed by atoms with van der Waals surface area (Å²) in [5, 5.41) is 0. The minimum atomic E-state index is 0.190. The molecule has 0 amide bonds. The first-order valence-electron chi connectivity index (χ1n) is 6.61. The Kier molecular flexibility index (Phi) is 2.37. The number of hydrogen-bond acceptors (Lipinski definition) is 3. The highest BCUT2D eigenvalue weighted by molar-refractivity contribution is 5.80. The van der Waals surface area contributed by atoms with Gasteiger partial charge in [-0.2, -0.15) is 0 Å². The lowest BCUT2D eigenvalue weighted by Crippen LogP contribution is -2.14. The first-order valence-corrected chi connectivity index (χ1v) is 6.61. The van der Waals surface area contributed by atoms with E-state index in [2.05, 4.69) is 29.2 Å². The zero-order valence-electron chi connectivity index (χ0n) is 10.5. The van der Waals surface area contributed by atoms with Crippen molar-refractivity contribution < 1.29 is 4.74 Å². The van der Waals surface area contributed by atoms with Crippen molar-refractivity contribution in [2.45, 2.75) is 25.0 Å². The molecule has 1 aliphatic carbocycles. The van der Waals surface area contributed by atoms with Gasteiger partial charge in [-0.1, -0.05) is 30.3 Å². The van der Waals surface area contributed by atoms with Crippen molar-refractivity contribution in [3.8, 4) is 0 Å². The number of fused-ring (bicyclic) bond motifs is 3. The monoisotopic (exact) mass is 250 g/mol. The average molecular weight is 250 g/mol. The molecule has 0 fully saturated rings. The van der Waals surface area contributed by atoms with Crippen LogP contribution in [0, 0.1) is 0 Å². The average Bonchev–Trinajstić information content (AvgIpc) is 2.97. The Morgan fingerprint density at radius 1 is 1.11 bits per heavy atom. The minimum absolute atomic E-state index is 0.190. The topological polar surface area (TPSA) is 34.5 Å². The van der Waals surface area contributed by atoms with Gasteiger partial charge in [0.25, 0.3) is 0 Å². The van der Waals surface area contributed by atoms with Crippen LogP contribution in [-0.4, -0.2) is 17.0 Å². The highest BCUT2D eigenvalue weighted by Crippen LogP contribution is 2.39. The molecular weight excluding hydrogens is 236 g/mol. The van der Waals surface area contributed by atoms with Gasteiger partial charge in [-0.15, -0.1) is 0 Å². The van der Waals surface area contributed by atoms with Crippen LogP contribution in [0.5, 0.6) is 0 Å². The van der Waals surface area contributed by atoms with E-state index in [0.29, 0.717) is 6.42 Å². The molecule has 94 valence electrons. The number of ether oxygens (including phenoxy) is 1. The normalized spacial score (nSPS) is 23.5. The molecule has 1 aromatic heterocycles. The molecule has 2 heterocycles. The molecule has 1 aromatic carbocycles. The van der Waals surface area contributed by atoms with Crippen LogP contribution in [-0.2, 0) is 17.6 Å². The Labute approximate surface area is 112 Å². The predicted molar refractivity (Wildman–Crippen MR) is 73.1 cm³/mol. The number of aliphatic imine (C=N–C) groups is 1. The van der Waals surface area contributed by atoms with Crippen LogP contribution in [0.4, 0.5) is 0 Å². The van der Waals surface area contributed by atoms with Crippen LogP contribution in [0.25, 0.3) is 0 Å². The molecule has 1 aliphatic heterocycles. The third kappa shape index (κ3) is 1.82. The van der Waals surface area contributed by atoms with Gasteiger partial charge in [0.1, 0.15) is 12.1 Å². The largest absolute Gasteiger partial charge is 0.474 e. The quantitative estimate of drug-likeness (QED) is 0.821. The van der Waals surface area contributed by atoms with E-state index in [9.17, 15) is 0 Å². The van der Waals surface area contributed by atoms with E-state index in [0.717, 1.165) is 18.0 Å². The lowest BCUT2D eigenvalue weighted by molar-refractivity contribution is 0.202. The molecule has 0 saturated heterocycles. The van der Waals surface area contributed by atoms with Crippen LogP contribution in [0.3, 0.4) is 0 Å². The third-order valence-corrected chi connectivity index (χ3v) is 3.78. The van der Waals surface area contributed by atoms with Crippen LogP contribution < -0.4 is 0 Å². The van der Waals surface area contributed by atoms with Crippen molar-refractivity contribution in [2.24, 2.45) is 4.99 Å². The van der Waals surface area contributed by atoms with E-state index in [1.807, 2.05) is 18.2 Å². The Morgan fingerprint density at radius 3 is 2.89 bits per heavy atom. The van der Waals surface area contributed by atoms with Crippen molar-refractivity contribution >= 4 is 5.90 Å². The maximum absolute atomic E-state index is 5.98. The summed E-state index contributed by atoms with van der Waals surface area (Å²) in [4.78, 5) is 9.06. The lowest BCUT2D eigenvalue weighted by Gasteiger charge is -2.08. The van der Waals surface area contributed by atoms with Gasteiger partial charge in [-0.3, -0.25) is 4.98 Å². The van der Waals surface area contributed by atoms with Gasteiger partial charge in [0, 0.05) is 18.3 Å². The Bertz CT molecular complexity index is 636. The molecule has 3 nitrogen and oxygen atoms in total. The molecule has 2 aliphatic rings. The SMILES string of the molecule is c1ccc(CC2=N[C@H]3c4ccccc4C[C@H]3O2)nc1. The molecule has 4 rings (SSSR count). The van der Waals surface area contributed by atoms with Gasteiger partial charge in [0.2, 0.25) is 0 Å². The van der Waals surface area contributed by atoms with Crippen LogP contribution in [0.2, 0.25) is 0 Å². The van der Waals surface area contributed by atoms with Gasteiger partial charge in [0.05, 0.1) is 6.42 Å². The summed E-state index contributed by atoms with van der Waals surface area (Å²) in [7, 11) is 0. The summed E-state index contributed by atoms with van der Waals surface area (Å²) in [6.07, 6.45) is 3.66. The van der Waals surface area contributed by atoms with Crippen molar-refractivity contribution in [1.29, 1.82) is 0 Å². The fraction of sp³-hybridized carbons (Fsp3) is 0.250. The Morgan fingerprint density at radius 2 is 2.00 bits per heavy atom. The van der Waals surface area contributed by atoms with Crippen molar-refractivity contribution in [1.82, 2.24) is 4.98 Å². The maximum Gasteiger partial charge on any atom is 0.190 e. The second-order valence-corrected chi connectivity index (χ2v) is 5.02. The first kappa shape index (κ1) is 10.7. The van der Waals surface area contributed by atoms with Gasteiger partial charge < -0.3 is 4.74 Å². The number of aromatic nitrogens is 1. The zero-order chi connectivity index (χ0) is 12.7. The maximum atomic E-state index is 5.98. The molecule has 0 spiro atoms. The summed E-state index contributed by atoms with van der Waals surface area (Å²) < 4.78 is 5.98. The highest BCUT2D eigenvalue weighted by Gasteiger charge is 2.38. The zero-order valence-corrected chi connectivity index (χ0v) is 10.5. The van der Waals surface area contributed by atoms with E-state index in [1.165, 1.54) is 11.1 Å². The van der Waals surface area contributed by atoms with Gasteiger partial charge in [-0.05, 0) is 23.3 Å². The molecule has 0 radical (unpaired) electrons. The summed E-state index contributed by atoms with van der Waals surface area (Å²) in [6, 6.07) is 14.6. The number of hydrogen-bond donors (Lipinski definition) is 0. The van der Waals surface area contributed by atoms with Crippen molar-refractivity contribution in [2.75, 3.05) is 0 Å². The van der Waals surface area contributed by atoms with E-state index >= 15 is 0 Å². The van der Waals surface area contributed by atoms with Crippen molar-refractivity contribution in [3.05, 3.63) is 65.5 Å². The molecule has 0 N–H and O–H groups in total. The number of nitrogens with zero attached hydrogens (tertiary/aromatic N) is 2. The summed E-state index contributed by atoms with van der Waals surface area (Å²) >= 11 is 0. The van der Waals surface area contributed by atoms with Gasteiger partial charge in [-0.25, -0.2) is 4.99 Å². The molecule has 3 heteroatoms. The smallest absolute Gasteiger partial charge is 0.190 e. The third-order valence-electron chi connectivity index (χ3n) is 3.78. The van der Waals surface area contributed by atoms with Crippen molar-refractivity contribution in [3.63, 3.8) is 0 Å². The molecule has 0 bridgehead atoms.